The van der Waals surface area contributed by atoms with Gasteiger partial charge < -0.3 is 10.2 Å². The lowest BCUT2D eigenvalue weighted by atomic mass is 10.1. The van der Waals surface area contributed by atoms with Gasteiger partial charge in [0.15, 0.2) is 0 Å². The number of hydrogen-bond acceptors (Lipinski definition) is 2. The van der Waals surface area contributed by atoms with E-state index in [1.165, 1.54) is 18.9 Å². The lowest BCUT2D eigenvalue weighted by molar-refractivity contribution is 0.614. The van der Waals surface area contributed by atoms with Crippen molar-refractivity contribution in [3.8, 4) is 0 Å². The monoisotopic (exact) mass is 222 g/mol. The van der Waals surface area contributed by atoms with Gasteiger partial charge in [-0.25, -0.2) is 4.39 Å². The van der Waals surface area contributed by atoms with Crippen molar-refractivity contribution in [3.05, 3.63) is 29.6 Å². The quantitative estimate of drug-likeness (QED) is 0.823. The Morgan fingerprint density at radius 2 is 2.19 bits per heavy atom. The normalized spacial score (nSPS) is 15.2. The number of anilines is 1. The molecule has 0 spiro atoms. The highest BCUT2D eigenvalue weighted by atomic mass is 19.1. The minimum Gasteiger partial charge on any atom is -0.372 e. The van der Waals surface area contributed by atoms with Gasteiger partial charge in [0.25, 0.3) is 0 Å². The third-order valence-electron chi connectivity index (χ3n) is 3.05. The molecule has 0 amide bonds. The Labute approximate surface area is 96.5 Å². The van der Waals surface area contributed by atoms with Crippen molar-refractivity contribution in [2.24, 2.45) is 5.92 Å². The number of nitrogens with zero attached hydrogens (tertiary/aromatic N) is 1. The smallest absolute Gasteiger partial charge is 0.146 e. The molecule has 1 aromatic rings. The van der Waals surface area contributed by atoms with Gasteiger partial charge in [0.1, 0.15) is 5.82 Å². The van der Waals surface area contributed by atoms with Crippen molar-refractivity contribution in [3.63, 3.8) is 0 Å². The summed E-state index contributed by atoms with van der Waals surface area (Å²) >= 11 is 0. The average Bonchev–Trinajstić information content (AvgIpc) is 3.02. The maximum absolute atomic E-state index is 13.8. The maximum Gasteiger partial charge on any atom is 0.146 e. The summed E-state index contributed by atoms with van der Waals surface area (Å²) in [5.41, 5.74) is 1.79. The second-order valence-electron chi connectivity index (χ2n) is 4.60. The van der Waals surface area contributed by atoms with Crippen LogP contribution in [0.5, 0.6) is 0 Å². The first-order chi connectivity index (χ1) is 7.72. The average molecular weight is 222 g/mol. The summed E-state index contributed by atoms with van der Waals surface area (Å²) in [6, 6.07) is 5.30. The fraction of sp³-hybridized carbons (Fsp3) is 0.538. The predicted molar refractivity (Wildman–Crippen MR) is 65.2 cm³/mol. The van der Waals surface area contributed by atoms with Crippen LogP contribution >= 0.6 is 0 Å². The van der Waals surface area contributed by atoms with Gasteiger partial charge in [-0.3, -0.25) is 0 Å². The lowest BCUT2D eigenvalue weighted by Gasteiger charge is -2.23. The van der Waals surface area contributed by atoms with E-state index in [2.05, 4.69) is 10.2 Å². The molecule has 1 aliphatic rings. The molecule has 1 saturated carbocycles. The first-order valence-electron chi connectivity index (χ1n) is 5.85. The molecular weight excluding hydrogens is 203 g/mol. The minimum absolute atomic E-state index is 0.115. The van der Waals surface area contributed by atoms with E-state index in [4.69, 9.17) is 0 Å². The highest BCUT2D eigenvalue weighted by Crippen LogP contribution is 2.32. The lowest BCUT2D eigenvalue weighted by Crippen LogP contribution is -2.23. The van der Waals surface area contributed by atoms with Crippen molar-refractivity contribution >= 4 is 5.69 Å². The van der Waals surface area contributed by atoms with E-state index < -0.39 is 0 Å². The van der Waals surface area contributed by atoms with Gasteiger partial charge in [0.05, 0.1) is 5.69 Å². The molecule has 1 aliphatic carbocycles. The topological polar surface area (TPSA) is 15.3 Å². The molecule has 0 heterocycles. The predicted octanol–water partition coefficient (Wildman–Crippen LogP) is 2.39. The van der Waals surface area contributed by atoms with Gasteiger partial charge in [-0.2, -0.15) is 0 Å². The number of hydrogen-bond donors (Lipinski definition) is 1. The van der Waals surface area contributed by atoms with Crippen LogP contribution in [0, 0.1) is 11.7 Å². The van der Waals surface area contributed by atoms with Gasteiger partial charge in [0, 0.05) is 20.1 Å². The van der Waals surface area contributed by atoms with Crippen LogP contribution in [0.4, 0.5) is 10.1 Å². The molecule has 0 saturated heterocycles. The number of nitrogens with one attached hydrogen (secondary N) is 1. The van der Waals surface area contributed by atoms with Gasteiger partial charge in [-0.05, 0) is 37.4 Å². The third-order valence-corrected chi connectivity index (χ3v) is 3.05. The maximum atomic E-state index is 13.8. The van der Waals surface area contributed by atoms with E-state index in [1.54, 1.807) is 6.07 Å². The molecule has 0 aromatic heterocycles. The third kappa shape index (κ3) is 2.53. The fourth-order valence-corrected chi connectivity index (χ4v) is 2.10. The second-order valence-corrected chi connectivity index (χ2v) is 4.60. The molecule has 0 radical (unpaired) electrons. The zero-order valence-electron chi connectivity index (χ0n) is 9.96. The Morgan fingerprint density at radius 3 is 2.81 bits per heavy atom. The van der Waals surface area contributed by atoms with E-state index in [0.717, 1.165) is 23.7 Å². The van der Waals surface area contributed by atoms with Gasteiger partial charge in [-0.1, -0.05) is 12.1 Å². The van der Waals surface area contributed by atoms with E-state index in [1.807, 2.05) is 20.2 Å². The Balaban J connectivity index is 2.20. The summed E-state index contributed by atoms with van der Waals surface area (Å²) in [4.78, 5) is 2.06. The molecule has 2 rings (SSSR count). The van der Waals surface area contributed by atoms with Crippen LogP contribution in [0.25, 0.3) is 0 Å². The number of rotatable bonds is 5. The molecular formula is C13H19FN2. The van der Waals surface area contributed by atoms with E-state index in [0.29, 0.717) is 6.54 Å². The van der Waals surface area contributed by atoms with Crippen molar-refractivity contribution in [2.75, 3.05) is 25.5 Å². The Hall–Kier alpha value is -1.09. The van der Waals surface area contributed by atoms with Gasteiger partial charge >= 0.3 is 0 Å². The Bertz CT molecular complexity index is 361. The first kappa shape index (κ1) is 11.4. The zero-order chi connectivity index (χ0) is 11.5. The summed E-state index contributed by atoms with van der Waals surface area (Å²) in [6.07, 6.45) is 2.58. The molecule has 3 heteroatoms. The van der Waals surface area contributed by atoms with Crippen molar-refractivity contribution < 1.29 is 4.39 Å². The number of benzene rings is 1. The van der Waals surface area contributed by atoms with E-state index in [-0.39, 0.29) is 5.82 Å². The summed E-state index contributed by atoms with van der Waals surface area (Å²) < 4.78 is 13.8. The van der Waals surface area contributed by atoms with Crippen LogP contribution in [0.3, 0.4) is 0 Å². The van der Waals surface area contributed by atoms with Crippen molar-refractivity contribution in [1.29, 1.82) is 0 Å². The summed E-state index contributed by atoms with van der Waals surface area (Å²) in [5.74, 6) is 0.656. The summed E-state index contributed by atoms with van der Waals surface area (Å²) in [7, 11) is 3.87. The van der Waals surface area contributed by atoms with Crippen LogP contribution < -0.4 is 10.2 Å². The second kappa shape index (κ2) is 4.83. The van der Waals surface area contributed by atoms with Gasteiger partial charge in [0.2, 0.25) is 0 Å². The fourth-order valence-electron chi connectivity index (χ4n) is 2.10. The molecule has 0 unspecified atom stereocenters. The molecule has 16 heavy (non-hydrogen) atoms. The minimum atomic E-state index is -0.115. The molecule has 0 atom stereocenters. The highest BCUT2D eigenvalue weighted by Gasteiger charge is 2.24. The summed E-state index contributed by atoms with van der Waals surface area (Å²) in [5, 5.41) is 3.08. The standard InChI is InChI=1S/C13H19FN2/c1-15-8-11-4-3-5-12(14)13(11)16(2)9-10-6-7-10/h3-5,10,15H,6-9H2,1-2H3. The summed E-state index contributed by atoms with van der Waals surface area (Å²) in [6.45, 7) is 1.68. The van der Waals surface area contributed by atoms with Crippen LogP contribution in [0.1, 0.15) is 18.4 Å². The van der Waals surface area contributed by atoms with E-state index >= 15 is 0 Å². The molecule has 1 fully saturated rings. The van der Waals surface area contributed by atoms with Crippen molar-refractivity contribution in [2.45, 2.75) is 19.4 Å². The molecule has 1 N–H and O–H groups in total. The van der Waals surface area contributed by atoms with E-state index in [9.17, 15) is 4.39 Å². The van der Waals surface area contributed by atoms with Crippen LogP contribution in [-0.4, -0.2) is 20.6 Å². The Kier molecular flexibility index (Phi) is 3.44. The molecule has 1 aromatic carbocycles. The highest BCUT2D eigenvalue weighted by molar-refractivity contribution is 5.54. The molecule has 0 aliphatic heterocycles. The largest absolute Gasteiger partial charge is 0.372 e. The van der Waals surface area contributed by atoms with Crippen LogP contribution in [0.2, 0.25) is 0 Å². The number of para-hydroxylation sites is 1. The zero-order valence-corrected chi connectivity index (χ0v) is 9.96. The Morgan fingerprint density at radius 1 is 1.44 bits per heavy atom. The molecule has 88 valence electrons. The van der Waals surface area contributed by atoms with Crippen LogP contribution in [0.15, 0.2) is 18.2 Å². The molecule has 2 nitrogen and oxygen atoms in total. The van der Waals surface area contributed by atoms with Crippen molar-refractivity contribution in [1.82, 2.24) is 5.32 Å². The number of halogens is 1. The molecule has 0 bridgehead atoms. The van der Waals surface area contributed by atoms with Crippen LogP contribution in [-0.2, 0) is 6.54 Å². The first-order valence-corrected chi connectivity index (χ1v) is 5.85. The van der Waals surface area contributed by atoms with Gasteiger partial charge in [-0.15, -0.1) is 0 Å². The SMILES string of the molecule is CNCc1cccc(F)c1N(C)CC1CC1.